The molecule has 26 heavy (non-hydrogen) atoms. The van der Waals surface area contributed by atoms with Crippen molar-refractivity contribution >= 4 is 17.4 Å². The van der Waals surface area contributed by atoms with Gasteiger partial charge in [0.25, 0.3) is 5.91 Å². The number of pyridine rings is 1. The highest BCUT2D eigenvalue weighted by Crippen LogP contribution is 2.21. The Bertz CT molecular complexity index is 898. The summed E-state index contributed by atoms with van der Waals surface area (Å²) < 4.78 is 1.66. The second-order valence-electron chi connectivity index (χ2n) is 6.39. The van der Waals surface area contributed by atoms with Gasteiger partial charge >= 0.3 is 0 Å². The number of carbonyl (C=O) groups is 1. The van der Waals surface area contributed by atoms with Crippen LogP contribution in [0.5, 0.6) is 0 Å². The van der Waals surface area contributed by atoms with Gasteiger partial charge < -0.3 is 10.2 Å². The molecule has 0 saturated carbocycles. The number of rotatable bonds is 4. The standard InChI is InChI=1S/C19H20N6O/c1-14-10-15(25-13-20-12-22-25)4-6-17(14)19(26)23-18-7-5-16(11-21-18)24-8-2-3-9-24/h4-7,10-13H,2-3,8-9H2,1H3,(H,21,23,26). The summed E-state index contributed by atoms with van der Waals surface area (Å²) in [6.07, 6.45) is 7.38. The predicted octanol–water partition coefficient (Wildman–Crippen LogP) is 2.82. The maximum absolute atomic E-state index is 12.6. The minimum Gasteiger partial charge on any atom is -0.370 e. The van der Waals surface area contributed by atoms with Crippen molar-refractivity contribution in [1.29, 1.82) is 0 Å². The normalized spacial score (nSPS) is 13.8. The van der Waals surface area contributed by atoms with Crippen molar-refractivity contribution in [3.63, 3.8) is 0 Å². The van der Waals surface area contributed by atoms with E-state index in [0.29, 0.717) is 11.4 Å². The van der Waals surface area contributed by atoms with Crippen LogP contribution in [0.25, 0.3) is 5.69 Å². The van der Waals surface area contributed by atoms with Crippen molar-refractivity contribution in [3.8, 4) is 5.69 Å². The lowest BCUT2D eigenvalue weighted by atomic mass is 10.1. The third-order valence-electron chi connectivity index (χ3n) is 4.60. The fourth-order valence-electron chi connectivity index (χ4n) is 3.19. The second kappa shape index (κ2) is 6.95. The van der Waals surface area contributed by atoms with E-state index in [9.17, 15) is 4.79 Å². The van der Waals surface area contributed by atoms with Gasteiger partial charge in [-0.2, -0.15) is 5.10 Å². The summed E-state index contributed by atoms with van der Waals surface area (Å²) in [6, 6.07) is 9.41. The minimum absolute atomic E-state index is 0.172. The topological polar surface area (TPSA) is 75.9 Å². The van der Waals surface area contributed by atoms with Crippen LogP contribution in [0.3, 0.4) is 0 Å². The molecule has 1 saturated heterocycles. The molecule has 1 aromatic carbocycles. The maximum atomic E-state index is 12.6. The van der Waals surface area contributed by atoms with E-state index >= 15 is 0 Å². The highest BCUT2D eigenvalue weighted by molar-refractivity contribution is 6.04. The molecule has 3 aromatic rings. The first-order valence-corrected chi connectivity index (χ1v) is 8.69. The highest BCUT2D eigenvalue weighted by Gasteiger charge is 2.14. The first-order chi connectivity index (χ1) is 12.7. The molecular weight excluding hydrogens is 328 g/mol. The molecule has 3 heterocycles. The molecule has 1 fully saturated rings. The van der Waals surface area contributed by atoms with Gasteiger partial charge in [0.15, 0.2) is 0 Å². The Morgan fingerprint density at radius 2 is 1.92 bits per heavy atom. The molecule has 132 valence electrons. The van der Waals surface area contributed by atoms with Crippen molar-refractivity contribution in [1.82, 2.24) is 19.7 Å². The van der Waals surface area contributed by atoms with E-state index in [1.165, 1.54) is 19.2 Å². The predicted molar refractivity (Wildman–Crippen MR) is 99.7 cm³/mol. The first-order valence-electron chi connectivity index (χ1n) is 8.69. The van der Waals surface area contributed by atoms with E-state index in [1.807, 2.05) is 37.4 Å². The van der Waals surface area contributed by atoms with Crippen molar-refractivity contribution in [3.05, 3.63) is 60.3 Å². The summed E-state index contributed by atoms with van der Waals surface area (Å²) in [5, 5.41) is 6.97. The van der Waals surface area contributed by atoms with Crippen LogP contribution in [-0.4, -0.2) is 38.7 Å². The van der Waals surface area contributed by atoms with Gasteiger partial charge in [-0.05, 0) is 55.7 Å². The van der Waals surface area contributed by atoms with E-state index in [2.05, 4.69) is 25.3 Å². The molecule has 1 N–H and O–H groups in total. The quantitative estimate of drug-likeness (QED) is 0.785. The molecule has 0 bridgehead atoms. The van der Waals surface area contributed by atoms with Crippen LogP contribution in [0.2, 0.25) is 0 Å². The molecule has 2 aromatic heterocycles. The van der Waals surface area contributed by atoms with Gasteiger partial charge in [-0.1, -0.05) is 0 Å². The lowest BCUT2D eigenvalue weighted by molar-refractivity contribution is 0.102. The SMILES string of the molecule is Cc1cc(-n2cncn2)ccc1C(=O)Nc1ccc(N2CCCC2)cn1. The average Bonchev–Trinajstić information content (AvgIpc) is 3.36. The molecule has 0 unspecified atom stereocenters. The minimum atomic E-state index is -0.172. The van der Waals surface area contributed by atoms with Crippen LogP contribution >= 0.6 is 0 Å². The number of hydrogen-bond donors (Lipinski definition) is 1. The number of nitrogens with zero attached hydrogens (tertiary/aromatic N) is 5. The summed E-state index contributed by atoms with van der Waals surface area (Å²) in [6.45, 7) is 4.05. The number of nitrogens with one attached hydrogen (secondary N) is 1. The van der Waals surface area contributed by atoms with E-state index in [-0.39, 0.29) is 5.91 Å². The summed E-state index contributed by atoms with van der Waals surface area (Å²) in [5.74, 6) is 0.381. The van der Waals surface area contributed by atoms with Gasteiger partial charge in [0.2, 0.25) is 0 Å². The third-order valence-corrected chi connectivity index (χ3v) is 4.60. The smallest absolute Gasteiger partial charge is 0.257 e. The number of hydrogen-bond acceptors (Lipinski definition) is 5. The number of anilines is 2. The zero-order chi connectivity index (χ0) is 17.9. The van der Waals surface area contributed by atoms with Crippen molar-refractivity contribution in [2.24, 2.45) is 0 Å². The molecule has 0 atom stereocenters. The van der Waals surface area contributed by atoms with Crippen molar-refractivity contribution in [2.45, 2.75) is 19.8 Å². The molecule has 7 heteroatoms. The molecule has 7 nitrogen and oxygen atoms in total. The van der Waals surface area contributed by atoms with Crippen LogP contribution < -0.4 is 10.2 Å². The third kappa shape index (κ3) is 3.28. The zero-order valence-electron chi connectivity index (χ0n) is 14.6. The van der Waals surface area contributed by atoms with Gasteiger partial charge in [0.1, 0.15) is 18.5 Å². The monoisotopic (exact) mass is 348 g/mol. The van der Waals surface area contributed by atoms with Crippen LogP contribution in [0.4, 0.5) is 11.5 Å². The fourth-order valence-corrected chi connectivity index (χ4v) is 3.19. The van der Waals surface area contributed by atoms with Crippen LogP contribution in [0.15, 0.2) is 49.2 Å². The number of aromatic nitrogens is 4. The number of aryl methyl sites for hydroxylation is 1. The summed E-state index contributed by atoms with van der Waals surface area (Å²) >= 11 is 0. The number of carbonyl (C=O) groups excluding carboxylic acids is 1. The van der Waals surface area contributed by atoms with Crippen LogP contribution in [-0.2, 0) is 0 Å². The zero-order valence-corrected chi connectivity index (χ0v) is 14.6. The summed E-state index contributed by atoms with van der Waals surface area (Å²) in [4.78, 5) is 23.2. The Balaban J connectivity index is 1.47. The van der Waals surface area contributed by atoms with E-state index < -0.39 is 0 Å². The van der Waals surface area contributed by atoms with Gasteiger partial charge in [-0.15, -0.1) is 0 Å². The molecular formula is C19H20N6O. The fraction of sp³-hybridized carbons (Fsp3) is 0.263. The van der Waals surface area contributed by atoms with Crippen LogP contribution in [0.1, 0.15) is 28.8 Å². The lowest BCUT2D eigenvalue weighted by Gasteiger charge is -2.17. The van der Waals surface area contributed by atoms with Gasteiger partial charge in [-0.25, -0.2) is 14.6 Å². The summed E-state index contributed by atoms with van der Waals surface area (Å²) in [7, 11) is 0. The van der Waals surface area contributed by atoms with E-state index in [4.69, 9.17) is 0 Å². The maximum Gasteiger partial charge on any atom is 0.257 e. The Hall–Kier alpha value is -3.22. The second-order valence-corrected chi connectivity index (χ2v) is 6.39. The Kier molecular flexibility index (Phi) is 4.35. The van der Waals surface area contributed by atoms with Crippen molar-refractivity contribution < 1.29 is 4.79 Å². The molecule has 0 aliphatic carbocycles. The number of amides is 1. The molecule has 0 radical (unpaired) electrons. The van der Waals surface area contributed by atoms with Gasteiger partial charge in [-0.3, -0.25) is 4.79 Å². The molecule has 0 spiro atoms. The van der Waals surface area contributed by atoms with E-state index in [0.717, 1.165) is 30.0 Å². The Labute approximate surface area is 151 Å². The Morgan fingerprint density at radius 3 is 2.58 bits per heavy atom. The largest absolute Gasteiger partial charge is 0.370 e. The molecule has 1 aliphatic heterocycles. The number of benzene rings is 1. The average molecular weight is 348 g/mol. The lowest BCUT2D eigenvalue weighted by Crippen LogP contribution is -2.18. The van der Waals surface area contributed by atoms with Gasteiger partial charge in [0, 0.05) is 18.7 Å². The van der Waals surface area contributed by atoms with E-state index in [1.54, 1.807) is 17.1 Å². The molecule has 4 rings (SSSR count). The molecule has 1 amide bonds. The van der Waals surface area contributed by atoms with Gasteiger partial charge in [0.05, 0.1) is 17.6 Å². The Morgan fingerprint density at radius 1 is 1.12 bits per heavy atom. The summed E-state index contributed by atoms with van der Waals surface area (Å²) in [5.41, 5.74) is 3.45. The molecule has 1 aliphatic rings. The van der Waals surface area contributed by atoms with Crippen molar-refractivity contribution in [2.75, 3.05) is 23.3 Å². The first kappa shape index (κ1) is 16.3. The highest BCUT2D eigenvalue weighted by atomic mass is 16.1. The van der Waals surface area contributed by atoms with Crippen LogP contribution in [0, 0.1) is 6.92 Å².